The van der Waals surface area contributed by atoms with Crippen molar-refractivity contribution in [2.45, 2.75) is 25.1 Å². The van der Waals surface area contributed by atoms with Crippen molar-refractivity contribution in [1.29, 1.82) is 0 Å². The number of hydrogen-bond acceptors (Lipinski definition) is 1. The summed E-state index contributed by atoms with van der Waals surface area (Å²) in [4.78, 5) is 0. The summed E-state index contributed by atoms with van der Waals surface area (Å²) in [7, 11) is 0. The number of halogens is 1. The van der Waals surface area contributed by atoms with Crippen molar-refractivity contribution >= 4 is 15.9 Å². The van der Waals surface area contributed by atoms with E-state index in [0.717, 1.165) is 0 Å². The van der Waals surface area contributed by atoms with Crippen LogP contribution in [-0.4, -0.2) is 9.43 Å². The van der Waals surface area contributed by atoms with Crippen LogP contribution in [0.2, 0.25) is 0 Å². The van der Waals surface area contributed by atoms with Crippen LogP contribution in [0, 0.1) is 11.8 Å². The molecule has 68 valence electrons. The molecule has 0 fully saturated rings. The van der Waals surface area contributed by atoms with Crippen LogP contribution < -0.4 is 0 Å². The van der Waals surface area contributed by atoms with Gasteiger partial charge in [-0.3, -0.25) is 0 Å². The molecule has 1 nitrogen and oxygen atoms in total. The first-order valence-electron chi connectivity index (χ1n) is 4.26. The van der Waals surface area contributed by atoms with Crippen molar-refractivity contribution in [3.05, 3.63) is 24.0 Å². The van der Waals surface area contributed by atoms with Crippen molar-refractivity contribution in [2.24, 2.45) is 11.8 Å². The summed E-state index contributed by atoms with van der Waals surface area (Å²) < 4.78 is -0.334. The Morgan fingerprint density at radius 1 is 1.58 bits per heavy atom. The van der Waals surface area contributed by atoms with Crippen LogP contribution in [0.3, 0.4) is 0 Å². The third kappa shape index (κ3) is 1.58. The molecule has 2 heteroatoms. The van der Waals surface area contributed by atoms with E-state index in [2.05, 4.69) is 42.8 Å². The average Bonchev–Trinajstić information content (AvgIpc) is 1.97. The lowest BCUT2D eigenvalue weighted by Crippen LogP contribution is -2.30. The van der Waals surface area contributed by atoms with E-state index < -0.39 is 0 Å². The van der Waals surface area contributed by atoms with Gasteiger partial charge in [-0.15, -0.1) is 0 Å². The van der Waals surface area contributed by atoms with E-state index >= 15 is 0 Å². The molecular formula is C10H15BrO. The standard InChI is InChI=1S/C10H15BrO/c1-7(2)10(11)5-4-8(3)6-9(10)12/h4-8,12H,1-3H3. The summed E-state index contributed by atoms with van der Waals surface area (Å²) >= 11 is 3.55. The smallest absolute Gasteiger partial charge is 0.110 e. The molecule has 0 saturated heterocycles. The van der Waals surface area contributed by atoms with Gasteiger partial charge in [0.05, 0.1) is 0 Å². The Bertz CT molecular complexity index is 230. The van der Waals surface area contributed by atoms with Gasteiger partial charge in [0, 0.05) is 0 Å². The minimum atomic E-state index is -0.334. The Kier molecular flexibility index (Phi) is 2.67. The minimum Gasteiger partial charge on any atom is -0.511 e. The summed E-state index contributed by atoms with van der Waals surface area (Å²) in [5.41, 5.74) is 0. The molecule has 0 radical (unpaired) electrons. The number of aliphatic hydroxyl groups excluding tert-OH is 1. The highest BCUT2D eigenvalue weighted by Gasteiger charge is 2.34. The lowest BCUT2D eigenvalue weighted by atomic mass is 9.87. The van der Waals surface area contributed by atoms with Crippen LogP contribution in [0.15, 0.2) is 24.0 Å². The van der Waals surface area contributed by atoms with E-state index in [0.29, 0.717) is 17.6 Å². The number of alkyl halides is 1. The largest absolute Gasteiger partial charge is 0.511 e. The first kappa shape index (κ1) is 9.85. The maximum atomic E-state index is 9.73. The van der Waals surface area contributed by atoms with Crippen LogP contribution in [0.25, 0.3) is 0 Å². The molecule has 1 aliphatic carbocycles. The highest BCUT2D eigenvalue weighted by molar-refractivity contribution is 9.10. The normalized spacial score (nSPS) is 35.4. The molecule has 0 aromatic carbocycles. The van der Waals surface area contributed by atoms with Crippen LogP contribution in [0.5, 0.6) is 0 Å². The number of allylic oxidation sites excluding steroid dienone is 3. The Labute approximate surface area is 82.3 Å². The Hall–Kier alpha value is -0.240. The maximum absolute atomic E-state index is 9.73. The van der Waals surface area contributed by atoms with Crippen molar-refractivity contribution in [3.63, 3.8) is 0 Å². The van der Waals surface area contributed by atoms with Crippen molar-refractivity contribution in [3.8, 4) is 0 Å². The van der Waals surface area contributed by atoms with Crippen LogP contribution in [0.1, 0.15) is 20.8 Å². The second kappa shape index (κ2) is 3.25. The van der Waals surface area contributed by atoms with Gasteiger partial charge in [-0.1, -0.05) is 48.9 Å². The quantitative estimate of drug-likeness (QED) is 0.541. The Morgan fingerprint density at radius 2 is 2.17 bits per heavy atom. The summed E-state index contributed by atoms with van der Waals surface area (Å²) in [6.45, 7) is 6.22. The van der Waals surface area contributed by atoms with E-state index in [4.69, 9.17) is 0 Å². The fourth-order valence-electron chi connectivity index (χ4n) is 1.30. The second-order valence-electron chi connectivity index (χ2n) is 3.69. The lowest BCUT2D eigenvalue weighted by molar-refractivity contribution is 0.333. The van der Waals surface area contributed by atoms with Gasteiger partial charge >= 0.3 is 0 Å². The summed E-state index contributed by atoms with van der Waals surface area (Å²) in [5.74, 6) is 1.14. The molecule has 0 bridgehead atoms. The van der Waals surface area contributed by atoms with Crippen LogP contribution in [0.4, 0.5) is 0 Å². The highest BCUT2D eigenvalue weighted by atomic mass is 79.9. The zero-order valence-corrected chi connectivity index (χ0v) is 9.30. The van der Waals surface area contributed by atoms with E-state index in [1.807, 2.05) is 12.2 Å². The highest BCUT2D eigenvalue weighted by Crippen LogP contribution is 2.38. The molecule has 0 heterocycles. The number of hydrogen-bond donors (Lipinski definition) is 1. The average molecular weight is 231 g/mol. The van der Waals surface area contributed by atoms with E-state index in [9.17, 15) is 5.11 Å². The first-order chi connectivity index (χ1) is 5.47. The van der Waals surface area contributed by atoms with Gasteiger partial charge < -0.3 is 5.11 Å². The predicted molar refractivity (Wildman–Crippen MR) is 55.5 cm³/mol. The molecule has 1 N–H and O–H groups in total. The topological polar surface area (TPSA) is 20.2 Å². The molecule has 2 atom stereocenters. The van der Waals surface area contributed by atoms with Gasteiger partial charge in [0.1, 0.15) is 10.1 Å². The van der Waals surface area contributed by atoms with Gasteiger partial charge in [0.15, 0.2) is 0 Å². The van der Waals surface area contributed by atoms with Crippen LogP contribution >= 0.6 is 15.9 Å². The van der Waals surface area contributed by atoms with Gasteiger partial charge in [-0.2, -0.15) is 0 Å². The summed E-state index contributed by atoms with van der Waals surface area (Å²) in [6.07, 6.45) is 6.03. The van der Waals surface area contributed by atoms with Crippen LogP contribution in [-0.2, 0) is 0 Å². The molecule has 0 saturated carbocycles. The molecule has 0 aromatic heterocycles. The lowest BCUT2D eigenvalue weighted by Gasteiger charge is -2.31. The third-order valence-corrected chi connectivity index (χ3v) is 3.88. The Balaban J connectivity index is 2.94. The van der Waals surface area contributed by atoms with E-state index in [-0.39, 0.29) is 4.32 Å². The molecule has 12 heavy (non-hydrogen) atoms. The Morgan fingerprint density at radius 3 is 2.58 bits per heavy atom. The summed E-state index contributed by atoms with van der Waals surface area (Å²) in [6, 6.07) is 0. The predicted octanol–water partition coefficient (Wildman–Crippen LogP) is 3.42. The van der Waals surface area contributed by atoms with Crippen molar-refractivity contribution < 1.29 is 5.11 Å². The SMILES string of the molecule is CC1C=CC(Br)(C(C)C)C(O)=C1. The van der Waals surface area contributed by atoms with E-state index in [1.165, 1.54) is 0 Å². The van der Waals surface area contributed by atoms with Gasteiger partial charge in [0.25, 0.3) is 0 Å². The fraction of sp³-hybridized carbons (Fsp3) is 0.600. The number of rotatable bonds is 1. The third-order valence-electron chi connectivity index (χ3n) is 2.30. The molecule has 0 amide bonds. The fourth-order valence-corrected chi connectivity index (χ4v) is 1.58. The van der Waals surface area contributed by atoms with Gasteiger partial charge in [-0.25, -0.2) is 0 Å². The maximum Gasteiger partial charge on any atom is 0.110 e. The second-order valence-corrected chi connectivity index (χ2v) is 5.01. The minimum absolute atomic E-state index is 0.334. The molecule has 0 spiro atoms. The zero-order valence-electron chi connectivity index (χ0n) is 7.71. The molecule has 2 unspecified atom stereocenters. The molecular weight excluding hydrogens is 216 g/mol. The van der Waals surface area contributed by atoms with Crippen molar-refractivity contribution in [1.82, 2.24) is 0 Å². The first-order valence-corrected chi connectivity index (χ1v) is 5.05. The molecule has 1 aliphatic rings. The van der Waals surface area contributed by atoms with Crippen molar-refractivity contribution in [2.75, 3.05) is 0 Å². The summed E-state index contributed by atoms with van der Waals surface area (Å²) in [5, 5.41) is 9.73. The van der Waals surface area contributed by atoms with Gasteiger partial charge in [-0.05, 0) is 17.9 Å². The monoisotopic (exact) mass is 230 g/mol. The molecule has 1 rings (SSSR count). The molecule has 0 aromatic rings. The molecule has 0 aliphatic heterocycles. The zero-order chi connectivity index (χ0) is 9.35. The van der Waals surface area contributed by atoms with E-state index in [1.54, 1.807) is 0 Å². The van der Waals surface area contributed by atoms with Gasteiger partial charge in [0.2, 0.25) is 0 Å². The number of aliphatic hydroxyl groups is 1.